The van der Waals surface area contributed by atoms with E-state index in [-0.39, 0.29) is 0 Å². The number of carbonyl (C=O) groups is 1. The van der Waals surface area contributed by atoms with Crippen LogP contribution in [0, 0.1) is 0 Å². The van der Waals surface area contributed by atoms with Crippen molar-refractivity contribution in [3.63, 3.8) is 0 Å². The largest absolute Gasteiger partial charge is 0.480 e. The van der Waals surface area contributed by atoms with E-state index in [9.17, 15) is 9.90 Å². The highest BCUT2D eigenvalue weighted by molar-refractivity contribution is 5.79. The number of nitrogens with one attached hydrogen (secondary N) is 1. The molecular weight excluding hydrogens is 182 g/mol. The summed E-state index contributed by atoms with van der Waals surface area (Å²) in [6, 6.07) is 0. The van der Waals surface area contributed by atoms with Crippen LogP contribution < -0.4 is 5.32 Å². The van der Waals surface area contributed by atoms with Gasteiger partial charge in [-0.15, -0.1) is 0 Å². The first-order valence-electron chi connectivity index (χ1n) is 5.07. The molecule has 4 nitrogen and oxygen atoms in total. The molecule has 0 spiro atoms. The number of carboxylic acid groups (broad SMARTS) is 1. The molecule has 1 aliphatic rings. The number of aliphatic carboxylic acids is 1. The van der Waals surface area contributed by atoms with Crippen LogP contribution in [0.5, 0.6) is 0 Å². The van der Waals surface area contributed by atoms with Gasteiger partial charge in [0.05, 0.1) is 5.60 Å². The number of hydrogen-bond acceptors (Lipinski definition) is 3. The van der Waals surface area contributed by atoms with Crippen molar-refractivity contribution in [1.82, 2.24) is 5.32 Å². The summed E-state index contributed by atoms with van der Waals surface area (Å²) in [5.41, 5.74) is -1.43. The first-order valence-corrected chi connectivity index (χ1v) is 5.07. The lowest BCUT2D eigenvalue weighted by molar-refractivity contribution is -0.148. The van der Waals surface area contributed by atoms with E-state index in [0.29, 0.717) is 25.8 Å². The Morgan fingerprint density at radius 3 is 2.36 bits per heavy atom. The van der Waals surface area contributed by atoms with Crippen molar-refractivity contribution in [3.8, 4) is 0 Å². The smallest absolute Gasteiger partial charge is 0.323 e. The molecule has 0 aromatic carbocycles. The molecule has 1 aliphatic carbocycles. The third-order valence-electron chi connectivity index (χ3n) is 2.82. The molecule has 1 saturated carbocycles. The average Bonchev–Trinajstić information content (AvgIpc) is 1.91. The normalized spacial score (nSPS) is 20.2. The van der Waals surface area contributed by atoms with Crippen molar-refractivity contribution in [1.29, 1.82) is 0 Å². The molecule has 0 aromatic rings. The first kappa shape index (κ1) is 11.5. The Balaban J connectivity index is 2.33. The number of aliphatic hydroxyl groups is 1. The van der Waals surface area contributed by atoms with Gasteiger partial charge < -0.3 is 15.5 Å². The number of hydrogen-bond donors (Lipinski definition) is 3. The Bertz CT molecular complexity index is 216. The fraction of sp³-hybridized carbons (Fsp3) is 0.900. The maximum absolute atomic E-state index is 10.9. The molecule has 0 aromatic heterocycles. The second-order valence-electron chi connectivity index (χ2n) is 4.73. The lowest BCUT2D eigenvalue weighted by Crippen LogP contribution is -2.57. The Labute approximate surface area is 84.3 Å². The van der Waals surface area contributed by atoms with Gasteiger partial charge in [-0.25, -0.2) is 0 Å². The molecule has 0 unspecified atom stereocenters. The lowest BCUT2D eigenvalue weighted by Gasteiger charge is -2.39. The van der Waals surface area contributed by atoms with E-state index in [1.165, 1.54) is 0 Å². The second kappa shape index (κ2) is 3.87. The quantitative estimate of drug-likeness (QED) is 0.613. The summed E-state index contributed by atoms with van der Waals surface area (Å²) in [6.45, 7) is 4.00. The van der Waals surface area contributed by atoms with Gasteiger partial charge >= 0.3 is 5.97 Å². The van der Waals surface area contributed by atoms with Crippen LogP contribution >= 0.6 is 0 Å². The van der Waals surface area contributed by atoms with E-state index < -0.39 is 17.1 Å². The van der Waals surface area contributed by atoms with Crippen LogP contribution in [-0.4, -0.2) is 33.9 Å². The van der Waals surface area contributed by atoms with Crippen LogP contribution in [0.2, 0.25) is 0 Å². The minimum absolute atomic E-state index is 0.551. The van der Waals surface area contributed by atoms with Gasteiger partial charge in [0, 0.05) is 0 Å². The van der Waals surface area contributed by atoms with Gasteiger partial charge in [0.25, 0.3) is 0 Å². The lowest BCUT2D eigenvalue weighted by atomic mass is 9.76. The van der Waals surface area contributed by atoms with Gasteiger partial charge in [0.2, 0.25) is 0 Å². The Morgan fingerprint density at radius 1 is 1.50 bits per heavy atom. The molecule has 0 radical (unpaired) electrons. The van der Waals surface area contributed by atoms with Gasteiger partial charge in [0.15, 0.2) is 0 Å². The third kappa shape index (κ3) is 2.69. The first-order chi connectivity index (χ1) is 6.36. The molecule has 0 bridgehead atoms. The summed E-state index contributed by atoms with van der Waals surface area (Å²) in [4.78, 5) is 10.9. The molecule has 0 amide bonds. The Hall–Kier alpha value is -0.610. The molecule has 0 aliphatic heterocycles. The van der Waals surface area contributed by atoms with Gasteiger partial charge in [0.1, 0.15) is 5.54 Å². The molecule has 1 rings (SSSR count). The van der Waals surface area contributed by atoms with Crippen LogP contribution in [-0.2, 0) is 4.79 Å². The average molecular weight is 201 g/mol. The summed E-state index contributed by atoms with van der Waals surface area (Å²) >= 11 is 0. The van der Waals surface area contributed by atoms with Crippen LogP contribution in [0.1, 0.15) is 39.5 Å². The van der Waals surface area contributed by atoms with E-state index >= 15 is 0 Å². The summed E-state index contributed by atoms with van der Waals surface area (Å²) in [5, 5.41) is 21.5. The zero-order valence-electron chi connectivity index (χ0n) is 8.84. The second-order valence-corrected chi connectivity index (χ2v) is 4.73. The summed E-state index contributed by atoms with van der Waals surface area (Å²) < 4.78 is 0. The topological polar surface area (TPSA) is 69.6 Å². The van der Waals surface area contributed by atoms with E-state index in [1.54, 1.807) is 13.8 Å². The molecule has 4 heteroatoms. The van der Waals surface area contributed by atoms with Gasteiger partial charge in [-0.3, -0.25) is 4.79 Å². The maximum atomic E-state index is 10.9. The highest BCUT2D eigenvalue weighted by Crippen LogP contribution is 2.32. The Kier molecular flexibility index (Phi) is 3.17. The van der Waals surface area contributed by atoms with Crippen LogP contribution in [0.3, 0.4) is 0 Å². The van der Waals surface area contributed by atoms with Crippen molar-refractivity contribution < 1.29 is 15.0 Å². The highest BCUT2D eigenvalue weighted by atomic mass is 16.4. The van der Waals surface area contributed by atoms with Crippen molar-refractivity contribution in [2.24, 2.45) is 0 Å². The van der Waals surface area contributed by atoms with Crippen LogP contribution in [0.15, 0.2) is 0 Å². The highest BCUT2D eigenvalue weighted by Gasteiger charge is 2.43. The molecule has 82 valence electrons. The standard InChI is InChI=1S/C10H19NO3/c1-9(2,14)6-7-11-10(8(12)13)4-3-5-10/h11,14H,3-7H2,1-2H3,(H,12,13). The Morgan fingerprint density at radius 2 is 2.07 bits per heavy atom. The molecule has 14 heavy (non-hydrogen) atoms. The fourth-order valence-corrected chi connectivity index (χ4v) is 1.60. The van der Waals surface area contributed by atoms with Crippen LogP contribution in [0.25, 0.3) is 0 Å². The minimum Gasteiger partial charge on any atom is -0.480 e. The van der Waals surface area contributed by atoms with Gasteiger partial charge in [-0.2, -0.15) is 0 Å². The maximum Gasteiger partial charge on any atom is 0.323 e. The fourth-order valence-electron chi connectivity index (χ4n) is 1.60. The van der Waals surface area contributed by atoms with Crippen LogP contribution in [0.4, 0.5) is 0 Å². The van der Waals surface area contributed by atoms with Crippen molar-refractivity contribution in [2.75, 3.05) is 6.54 Å². The number of rotatable bonds is 5. The van der Waals surface area contributed by atoms with Gasteiger partial charge in [-0.1, -0.05) is 0 Å². The number of carboxylic acids is 1. The molecule has 0 saturated heterocycles. The SMILES string of the molecule is CC(C)(O)CCNC1(C(=O)O)CCC1. The van der Waals surface area contributed by atoms with E-state index in [0.717, 1.165) is 6.42 Å². The molecule has 0 heterocycles. The van der Waals surface area contributed by atoms with E-state index in [4.69, 9.17) is 5.11 Å². The predicted octanol–water partition coefficient (Wildman–Crippen LogP) is 0.744. The monoisotopic (exact) mass is 201 g/mol. The van der Waals surface area contributed by atoms with E-state index in [1.807, 2.05) is 0 Å². The molecule has 3 N–H and O–H groups in total. The van der Waals surface area contributed by atoms with Crippen molar-refractivity contribution in [2.45, 2.75) is 50.7 Å². The summed E-state index contributed by atoms with van der Waals surface area (Å²) in [7, 11) is 0. The third-order valence-corrected chi connectivity index (χ3v) is 2.82. The molecule has 0 atom stereocenters. The van der Waals surface area contributed by atoms with Gasteiger partial charge in [-0.05, 0) is 46.1 Å². The molecular formula is C10H19NO3. The van der Waals surface area contributed by atoms with Crippen molar-refractivity contribution in [3.05, 3.63) is 0 Å². The van der Waals surface area contributed by atoms with E-state index in [2.05, 4.69) is 5.32 Å². The zero-order chi connectivity index (χ0) is 10.8. The summed E-state index contributed by atoms with van der Waals surface area (Å²) in [5.74, 6) is -0.764. The minimum atomic E-state index is -0.764. The summed E-state index contributed by atoms with van der Waals surface area (Å²) in [6.07, 6.45) is 2.95. The zero-order valence-corrected chi connectivity index (χ0v) is 8.84. The van der Waals surface area contributed by atoms with Crippen molar-refractivity contribution >= 4 is 5.97 Å². The molecule has 1 fully saturated rings. The predicted molar refractivity (Wildman–Crippen MR) is 53.1 cm³/mol.